The fourth-order valence-corrected chi connectivity index (χ4v) is 7.17. The summed E-state index contributed by atoms with van der Waals surface area (Å²) in [6.45, 7) is 3.94. The summed E-state index contributed by atoms with van der Waals surface area (Å²) in [4.78, 5) is 37.5. The lowest BCUT2D eigenvalue weighted by Crippen LogP contribution is -2.35. The van der Waals surface area contributed by atoms with Crippen molar-refractivity contribution in [1.82, 2.24) is 15.3 Å². The van der Waals surface area contributed by atoms with Crippen LogP contribution in [-0.4, -0.2) is 35.1 Å². The molecule has 3 aromatic carbocycles. The van der Waals surface area contributed by atoms with Gasteiger partial charge < -0.3 is 14.8 Å². The van der Waals surface area contributed by atoms with Gasteiger partial charge in [0, 0.05) is 46.1 Å². The highest BCUT2D eigenvalue weighted by Crippen LogP contribution is 2.41. The number of hydrogen-bond donors (Lipinski definition) is 1. The smallest absolute Gasteiger partial charge is 0.336 e. The normalized spacial score (nSPS) is 13.4. The Bertz CT molecular complexity index is 1760. The lowest BCUT2D eigenvalue weighted by Gasteiger charge is -2.32. The van der Waals surface area contributed by atoms with Crippen LogP contribution in [0.25, 0.3) is 22.5 Å². The number of aromatic nitrogens is 2. The summed E-state index contributed by atoms with van der Waals surface area (Å²) in [6.07, 6.45) is 0.698. The number of carbonyl (C=O) groups excluding carboxylic acids is 2. The number of esters is 2. The molecule has 0 radical (unpaired) electrons. The number of hydrogen-bond acceptors (Lipinski definition) is 9. The van der Waals surface area contributed by atoms with Crippen molar-refractivity contribution >= 4 is 34.6 Å². The van der Waals surface area contributed by atoms with Gasteiger partial charge in [-0.25, -0.2) is 19.6 Å². The van der Waals surface area contributed by atoms with E-state index >= 15 is 0 Å². The van der Waals surface area contributed by atoms with Gasteiger partial charge in [-0.3, -0.25) is 0 Å². The molecule has 0 saturated heterocycles. The molecule has 1 aliphatic rings. The molecule has 6 rings (SSSR count). The first-order chi connectivity index (χ1) is 22.6. The average molecular weight is 648 g/mol. The molecule has 0 saturated carbocycles. The van der Waals surface area contributed by atoms with Gasteiger partial charge in [-0.05, 0) is 19.4 Å². The minimum absolute atomic E-state index is 0.194. The van der Waals surface area contributed by atoms with Gasteiger partial charge in [0.25, 0.3) is 0 Å². The molecular formula is C37H33N3O4S2. The van der Waals surface area contributed by atoms with E-state index in [9.17, 15) is 9.59 Å². The fraction of sp³-hybridized carbons (Fsp3) is 0.189. The number of nitrogens with one attached hydrogen (secondary N) is 1. The summed E-state index contributed by atoms with van der Waals surface area (Å²) >= 11 is 3.06. The molecular weight excluding hydrogens is 615 g/mol. The fourth-order valence-electron chi connectivity index (χ4n) is 5.54. The summed E-state index contributed by atoms with van der Waals surface area (Å²) < 4.78 is 11.3. The zero-order valence-electron chi connectivity index (χ0n) is 25.6. The molecule has 2 aromatic heterocycles. The zero-order valence-corrected chi connectivity index (χ0v) is 27.2. The average Bonchev–Trinajstić information content (AvgIpc) is 3.76. The Kier molecular flexibility index (Phi) is 9.81. The molecule has 9 heteroatoms. The standard InChI is InChI=1S/C37H33N3O4S2/c1-3-43-36(41)34-27(20-31-39-29(22-45-31)24-14-8-5-9-15-24)38-28(21-32-40-30(23-46-32)25-16-10-6-11-17-25)35(37(42)44-4-2)33(34)26-18-12-7-13-19-26/h5-19,22-23,33,38H,3-4,20-21H2,1-2H3. The van der Waals surface area contributed by atoms with E-state index in [1.165, 1.54) is 22.7 Å². The summed E-state index contributed by atoms with van der Waals surface area (Å²) in [5.74, 6) is -1.69. The third kappa shape index (κ3) is 6.85. The molecule has 0 atom stereocenters. The van der Waals surface area contributed by atoms with E-state index in [2.05, 4.69) is 5.32 Å². The minimum Gasteiger partial charge on any atom is -0.463 e. The maximum absolute atomic E-state index is 13.8. The van der Waals surface area contributed by atoms with Crippen LogP contribution >= 0.6 is 22.7 Å². The van der Waals surface area contributed by atoms with Crippen LogP contribution in [0.4, 0.5) is 0 Å². The van der Waals surface area contributed by atoms with Crippen molar-refractivity contribution in [2.24, 2.45) is 0 Å². The van der Waals surface area contributed by atoms with E-state index in [1.54, 1.807) is 13.8 Å². The Hall–Kier alpha value is -4.86. The van der Waals surface area contributed by atoms with Gasteiger partial charge >= 0.3 is 11.9 Å². The van der Waals surface area contributed by atoms with E-state index in [0.717, 1.165) is 38.1 Å². The Labute approximate surface area is 276 Å². The highest BCUT2D eigenvalue weighted by atomic mass is 32.1. The van der Waals surface area contributed by atoms with Gasteiger partial charge in [0.15, 0.2) is 0 Å². The Morgan fingerprint density at radius 3 is 1.48 bits per heavy atom. The van der Waals surface area contributed by atoms with Crippen LogP contribution < -0.4 is 5.32 Å². The third-order valence-electron chi connectivity index (χ3n) is 7.55. The van der Waals surface area contributed by atoms with E-state index in [1.807, 2.05) is 102 Å². The molecule has 1 aliphatic heterocycles. The summed E-state index contributed by atoms with van der Waals surface area (Å²) in [5, 5.41) is 9.22. The lowest BCUT2D eigenvalue weighted by atomic mass is 9.79. The predicted molar refractivity (Wildman–Crippen MR) is 182 cm³/mol. The highest BCUT2D eigenvalue weighted by molar-refractivity contribution is 7.10. The van der Waals surface area contributed by atoms with Gasteiger partial charge in [-0.2, -0.15) is 0 Å². The molecule has 0 amide bonds. The quantitative estimate of drug-likeness (QED) is 0.147. The van der Waals surface area contributed by atoms with Gasteiger partial charge in [-0.1, -0.05) is 91.0 Å². The molecule has 7 nitrogen and oxygen atoms in total. The number of benzene rings is 3. The molecule has 232 valence electrons. The topological polar surface area (TPSA) is 90.4 Å². The van der Waals surface area contributed by atoms with Gasteiger partial charge in [0.2, 0.25) is 0 Å². The Morgan fingerprint density at radius 1 is 0.652 bits per heavy atom. The third-order valence-corrected chi connectivity index (χ3v) is 9.25. The summed E-state index contributed by atoms with van der Waals surface area (Å²) in [6, 6.07) is 29.6. The number of carbonyl (C=O) groups is 2. The van der Waals surface area contributed by atoms with E-state index in [4.69, 9.17) is 19.4 Å². The van der Waals surface area contributed by atoms with Crippen molar-refractivity contribution in [3.8, 4) is 22.5 Å². The summed E-state index contributed by atoms with van der Waals surface area (Å²) in [7, 11) is 0. The highest BCUT2D eigenvalue weighted by Gasteiger charge is 2.40. The number of ether oxygens (including phenoxy) is 2. The lowest BCUT2D eigenvalue weighted by molar-refractivity contribution is -0.139. The van der Waals surface area contributed by atoms with Gasteiger partial charge in [0.05, 0.1) is 51.7 Å². The molecule has 0 spiro atoms. The predicted octanol–water partition coefficient (Wildman–Crippen LogP) is 7.74. The van der Waals surface area contributed by atoms with Crippen LogP contribution in [-0.2, 0) is 31.9 Å². The first-order valence-corrected chi connectivity index (χ1v) is 16.9. The van der Waals surface area contributed by atoms with Gasteiger partial charge in [-0.15, -0.1) is 22.7 Å². The van der Waals surface area contributed by atoms with Crippen LogP contribution in [0, 0.1) is 0 Å². The molecule has 3 heterocycles. The maximum atomic E-state index is 13.8. The van der Waals surface area contributed by atoms with E-state index < -0.39 is 17.9 Å². The molecule has 0 fully saturated rings. The van der Waals surface area contributed by atoms with Gasteiger partial charge in [0.1, 0.15) is 0 Å². The second kappa shape index (κ2) is 14.5. The van der Waals surface area contributed by atoms with Crippen LogP contribution in [0.5, 0.6) is 0 Å². The Morgan fingerprint density at radius 2 is 1.07 bits per heavy atom. The minimum atomic E-state index is -0.715. The van der Waals surface area contributed by atoms with Crippen molar-refractivity contribution in [2.75, 3.05) is 13.2 Å². The number of thiazole rings is 2. The number of nitrogens with zero attached hydrogens (tertiary/aromatic N) is 2. The number of rotatable bonds is 11. The zero-order chi connectivity index (χ0) is 31.9. The van der Waals surface area contributed by atoms with Crippen molar-refractivity contribution in [3.63, 3.8) is 0 Å². The van der Waals surface area contributed by atoms with Crippen LogP contribution in [0.3, 0.4) is 0 Å². The summed E-state index contributed by atoms with van der Waals surface area (Å²) in [5.41, 5.74) is 6.60. The number of allylic oxidation sites excluding steroid dienone is 2. The van der Waals surface area contributed by atoms with E-state index in [0.29, 0.717) is 35.4 Å². The monoisotopic (exact) mass is 647 g/mol. The van der Waals surface area contributed by atoms with Crippen molar-refractivity contribution < 1.29 is 19.1 Å². The first-order valence-electron chi connectivity index (χ1n) is 15.2. The molecule has 0 aliphatic carbocycles. The Balaban J connectivity index is 1.47. The SMILES string of the molecule is CCOC(=O)C1=C(Cc2nc(-c3ccccc3)cs2)NC(Cc2nc(-c3ccccc3)cs2)=C(C(=O)OCC)C1c1ccccc1. The second-order valence-corrected chi connectivity index (χ2v) is 12.4. The number of dihydropyridines is 1. The van der Waals surface area contributed by atoms with Crippen molar-refractivity contribution in [2.45, 2.75) is 32.6 Å². The molecule has 0 bridgehead atoms. The molecule has 46 heavy (non-hydrogen) atoms. The van der Waals surface area contributed by atoms with Crippen LogP contribution in [0.2, 0.25) is 0 Å². The van der Waals surface area contributed by atoms with E-state index in [-0.39, 0.29) is 13.2 Å². The molecule has 0 unspecified atom stereocenters. The van der Waals surface area contributed by atoms with Crippen molar-refractivity contribution in [3.05, 3.63) is 140 Å². The van der Waals surface area contributed by atoms with Crippen molar-refractivity contribution in [1.29, 1.82) is 0 Å². The second-order valence-electron chi connectivity index (χ2n) is 10.5. The molecule has 5 aromatic rings. The first kappa shape index (κ1) is 31.1. The molecule has 1 N–H and O–H groups in total. The maximum Gasteiger partial charge on any atom is 0.336 e. The largest absolute Gasteiger partial charge is 0.463 e. The van der Waals surface area contributed by atoms with Crippen LogP contribution in [0.15, 0.2) is 124 Å². The van der Waals surface area contributed by atoms with Crippen LogP contribution in [0.1, 0.15) is 35.3 Å².